The number of urea groups is 1. The lowest BCUT2D eigenvalue weighted by Crippen LogP contribution is -2.32. The molecular weight excluding hydrogens is 144 g/mol. The number of hydrogen-bond acceptors (Lipinski definition) is 2. The number of para-hydroxylation sites is 1. The second-order valence-corrected chi connectivity index (χ2v) is 1.99. The van der Waals surface area contributed by atoms with Gasteiger partial charge < -0.3 is 5.73 Å². The molecule has 0 aliphatic heterocycles. The Balaban J connectivity index is 2.85. The smallest absolute Gasteiger partial charge is 0.343 e. The Morgan fingerprint density at radius 3 is 2.36 bits per heavy atom. The van der Waals surface area contributed by atoms with Crippen LogP contribution in [0.25, 0.3) is 0 Å². The fraction of sp³-hybridized carbons (Fsp3) is 0. The van der Waals surface area contributed by atoms with Gasteiger partial charge in [-0.2, -0.15) is 5.06 Å². The minimum atomic E-state index is -0.892. The summed E-state index contributed by atoms with van der Waals surface area (Å²) in [5.41, 5.74) is 5.17. The maximum Gasteiger partial charge on any atom is 0.343 e. The number of rotatable bonds is 1. The summed E-state index contributed by atoms with van der Waals surface area (Å²) in [7, 11) is 0. The number of hydrogen-bond donors (Lipinski definition) is 2. The maximum absolute atomic E-state index is 10.4. The van der Waals surface area contributed by atoms with Gasteiger partial charge >= 0.3 is 6.03 Å². The van der Waals surface area contributed by atoms with Crippen molar-refractivity contribution in [3.05, 3.63) is 30.3 Å². The van der Waals surface area contributed by atoms with Crippen LogP contribution in [0.1, 0.15) is 0 Å². The quantitative estimate of drug-likeness (QED) is 0.465. The number of nitrogens with zero attached hydrogens (tertiary/aromatic N) is 1. The van der Waals surface area contributed by atoms with Crippen molar-refractivity contribution in [2.45, 2.75) is 0 Å². The summed E-state index contributed by atoms with van der Waals surface area (Å²) in [6.45, 7) is 0. The van der Waals surface area contributed by atoms with Crippen molar-refractivity contribution in [1.29, 1.82) is 0 Å². The minimum Gasteiger partial charge on any atom is -0.349 e. The largest absolute Gasteiger partial charge is 0.349 e. The molecule has 2 amide bonds. The van der Waals surface area contributed by atoms with Gasteiger partial charge in [0, 0.05) is 0 Å². The lowest BCUT2D eigenvalue weighted by molar-refractivity contribution is 0.212. The Hall–Kier alpha value is -1.55. The molecule has 0 saturated heterocycles. The van der Waals surface area contributed by atoms with E-state index in [1.54, 1.807) is 30.3 Å². The monoisotopic (exact) mass is 152 g/mol. The van der Waals surface area contributed by atoms with Gasteiger partial charge in [-0.25, -0.2) is 4.79 Å². The highest BCUT2D eigenvalue weighted by Gasteiger charge is 2.06. The molecule has 0 aliphatic rings. The SMILES string of the molecule is NC(=O)N(O)c1ccccc1. The van der Waals surface area contributed by atoms with Crippen LogP contribution in [0.5, 0.6) is 0 Å². The molecule has 0 aliphatic carbocycles. The fourth-order valence-corrected chi connectivity index (χ4v) is 0.696. The summed E-state index contributed by atoms with van der Waals surface area (Å²) in [4.78, 5) is 10.4. The van der Waals surface area contributed by atoms with Crippen molar-refractivity contribution in [3.8, 4) is 0 Å². The van der Waals surface area contributed by atoms with E-state index < -0.39 is 6.03 Å². The molecule has 0 aromatic heterocycles. The standard InChI is InChI=1S/C7H8N2O2/c8-7(10)9(11)6-4-2-1-3-5-6/h1-5,11H,(H2,8,10). The molecule has 0 atom stereocenters. The number of carbonyl (C=O) groups excluding carboxylic acids is 1. The highest BCUT2D eigenvalue weighted by Crippen LogP contribution is 2.09. The molecule has 0 heterocycles. The second-order valence-electron chi connectivity index (χ2n) is 1.99. The van der Waals surface area contributed by atoms with Crippen molar-refractivity contribution in [1.82, 2.24) is 0 Å². The predicted molar refractivity (Wildman–Crippen MR) is 40.3 cm³/mol. The second kappa shape index (κ2) is 3.03. The van der Waals surface area contributed by atoms with Crippen LogP contribution in [0.2, 0.25) is 0 Å². The van der Waals surface area contributed by atoms with Crippen molar-refractivity contribution in [3.63, 3.8) is 0 Å². The zero-order chi connectivity index (χ0) is 8.27. The van der Waals surface area contributed by atoms with E-state index in [0.29, 0.717) is 10.8 Å². The normalized spacial score (nSPS) is 9.18. The lowest BCUT2D eigenvalue weighted by atomic mass is 10.3. The van der Waals surface area contributed by atoms with Crippen LogP contribution in [0.15, 0.2) is 30.3 Å². The molecule has 0 spiro atoms. The van der Waals surface area contributed by atoms with Crippen molar-refractivity contribution >= 4 is 11.7 Å². The van der Waals surface area contributed by atoms with E-state index in [0.717, 1.165) is 0 Å². The molecule has 0 bridgehead atoms. The first-order valence-corrected chi connectivity index (χ1v) is 3.05. The first-order valence-electron chi connectivity index (χ1n) is 3.05. The first-order chi connectivity index (χ1) is 5.22. The van der Waals surface area contributed by atoms with E-state index in [2.05, 4.69) is 0 Å². The highest BCUT2D eigenvalue weighted by atomic mass is 16.5. The van der Waals surface area contributed by atoms with Crippen molar-refractivity contribution in [2.75, 3.05) is 5.06 Å². The summed E-state index contributed by atoms with van der Waals surface area (Å²) in [6.07, 6.45) is 0. The van der Waals surface area contributed by atoms with Crippen LogP contribution in [-0.2, 0) is 0 Å². The van der Waals surface area contributed by atoms with Crippen LogP contribution in [0, 0.1) is 0 Å². The Bertz CT molecular complexity index is 248. The lowest BCUT2D eigenvalue weighted by Gasteiger charge is -2.10. The Morgan fingerprint density at radius 2 is 1.91 bits per heavy atom. The van der Waals surface area contributed by atoms with Crippen LogP contribution in [-0.4, -0.2) is 11.2 Å². The van der Waals surface area contributed by atoms with E-state index in [4.69, 9.17) is 10.9 Å². The number of benzene rings is 1. The Morgan fingerprint density at radius 1 is 1.36 bits per heavy atom. The third kappa shape index (κ3) is 1.68. The molecule has 0 unspecified atom stereocenters. The third-order valence-electron chi connectivity index (χ3n) is 1.21. The number of hydroxylamine groups is 1. The zero-order valence-corrected chi connectivity index (χ0v) is 5.77. The molecule has 4 nitrogen and oxygen atoms in total. The van der Waals surface area contributed by atoms with Gasteiger partial charge in [0.1, 0.15) is 0 Å². The summed E-state index contributed by atoms with van der Waals surface area (Å²) >= 11 is 0. The minimum absolute atomic E-state index is 0.361. The molecule has 0 saturated carbocycles. The molecule has 1 aromatic rings. The van der Waals surface area contributed by atoms with Crippen LogP contribution in [0.3, 0.4) is 0 Å². The van der Waals surface area contributed by atoms with E-state index in [1.807, 2.05) is 0 Å². The average Bonchev–Trinajstić information content (AvgIpc) is 2.05. The Kier molecular flexibility index (Phi) is 2.08. The van der Waals surface area contributed by atoms with Gasteiger partial charge in [0.25, 0.3) is 0 Å². The van der Waals surface area contributed by atoms with Gasteiger partial charge in [-0.3, -0.25) is 5.21 Å². The molecule has 58 valence electrons. The molecule has 3 N–H and O–H groups in total. The number of amides is 2. The molecule has 11 heavy (non-hydrogen) atoms. The van der Waals surface area contributed by atoms with Crippen LogP contribution < -0.4 is 10.8 Å². The maximum atomic E-state index is 10.4. The van der Waals surface area contributed by atoms with Gasteiger partial charge in [-0.1, -0.05) is 18.2 Å². The highest BCUT2D eigenvalue weighted by molar-refractivity contribution is 5.87. The molecule has 4 heteroatoms. The predicted octanol–water partition coefficient (Wildman–Crippen LogP) is 0.961. The average molecular weight is 152 g/mol. The Labute approximate surface area is 63.8 Å². The third-order valence-corrected chi connectivity index (χ3v) is 1.21. The summed E-state index contributed by atoms with van der Waals surface area (Å²) < 4.78 is 0. The van der Waals surface area contributed by atoms with Gasteiger partial charge in [0.05, 0.1) is 5.69 Å². The topological polar surface area (TPSA) is 66.6 Å². The first kappa shape index (κ1) is 7.56. The van der Waals surface area contributed by atoms with E-state index in [1.165, 1.54) is 0 Å². The van der Waals surface area contributed by atoms with Gasteiger partial charge in [0.2, 0.25) is 0 Å². The van der Waals surface area contributed by atoms with E-state index in [9.17, 15) is 4.79 Å². The molecule has 1 rings (SSSR count). The number of nitrogens with two attached hydrogens (primary N) is 1. The van der Waals surface area contributed by atoms with Crippen molar-refractivity contribution in [2.24, 2.45) is 5.73 Å². The molecule has 1 aromatic carbocycles. The van der Waals surface area contributed by atoms with E-state index in [-0.39, 0.29) is 0 Å². The van der Waals surface area contributed by atoms with Crippen LogP contribution >= 0.6 is 0 Å². The summed E-state index contributed by atoms with van der Waals surface area (Å²) in [6, 6.07) is 7.42. The van der Waals surface area contributed by atoms with Crippen LogP contribution in [0.4, 0.5) is 10.5 Å². The molecular formula is C7H8N2O2. The fourth-order valence-electron chi connectivity index (χ4n) is 0.696. The molecule has 0 radical (unpaired) electrons. The van der Waals surface area contributed by atoms with Gasteiger partial charge in [-0.05, 0) is 12.1 Å². The van der Waals surface area contributed by atoms with Gasteiger partial charge in [0.15, 0.2) is 0 Å². The zero-order valence-electron chi connectivity index (χ0n) is 5.77. The van der Waals surface area contributed by atoms with Gasteiger partial charge in [-0.15, -0.1) is 0 Å². The van der Waals surface area contributed by atoms with Crippen molar-refractivity contribution < 1.29 is 10.0 Å². The molecule has 0 fully saturated rings. The van der Waals surface area contributed by atoms with E-state index >= 15 is 0 Å². The number of carbonyl (C=O) groups is 1. The number of anilines is 1. The summed E-state index contributed by atoms with van der Waals surface area (Å²) in [5.74, 6) is 0. The number of primary amides is 1. The summed E-state index contributed by atoms with van der Waals surface area (Å²) in [5, 5.41) is 9.35.